The van der Waals surface area contributed by atoms with Gasteiger partial charge in [0.1, 0.15) is 0 Å². The van der Waals surface area contributed by atoms with E-state index in [9.17, 15) is 4.79 Å². The summed E-state index contributed by atoms with van der Waals surface area (Å²) in [6.45, 7) is 0. The summed E-state index contributed by atoms with van der Waals surface area (Å²) in [5, 5.41) is 4.31. The molecule has 0 aromatic heterocycles. The number of carbonyl (C=O) groups excluding carboxylic acids is 1. The molecule has 0 saturated heterocycles. The molecule has 0 heterocycles. The first kappa shape index (κ1) is 23.3. The third-order valence-corrected chi connectivity index (χ3v) is 13.5. The van der Waals surface area contributed by atoms with Gasteiger partial charge in [0.25, 0.3) is 0 Å². The summed E-state index contributed by atoms with van der Waals surface area (Å²) in [5.41, 5.74) is 0.610. The number of hydrogen-bond acceptors (Lipinski definition) is 1. The molecule has 0 saturated carbocycles. The first-order chi connectivity index (χ1) is 15.3. The zero-order valence-corrected chi connectivity index (χ0v) is 20.8. The molecule has 0 unspecified atom stereocenters. The third kappa shape index (κ3) is 4.21. The van der Waals surface area contributed by atoms with Crippen molar-refractivity contribution < 1.29 is 4.79 Å². The molecule has 0 aliphatic carbocycles. The fourth-order valence-electron chi connectivity index (χ4n) is 3.96. The van der Waals surface area contributed by atoms with Crippen LogP contribution in [-0.4, -0.2) is 11.9 Å². The standard InChI is InChI=1S/C26H19Cl4OP/c27-20-6-12-23(13-7-20)32(30,24-14-8-21(28)9-15-24,25-16-10-22(29)11-17-25)18-26(31)19-4-2-1-3-5-19/h1-17H,18H2. The van der Waals surface area contributed by atoms with Crippen molar-refractivity contribution in [2.24, 2.45) is 0 Å². The summed E-state index contributed by atoms with van der Waals surface area (Å²) in [4.78, 5) is 13.7. The van der Waals surface area contributed by atoms with Crippen LogP contribution in [0.15, 0.2) is 103 Å². The fourth-order valence-corrected chi connectivity index (χ4v) is 10.2. The van der Waals surface area contributed by atoms with Crippen molar-refractivity contribution in [1.82, 2.24) is 0 Å². The Kier molecular flexibility index (Phi) is 6.68. The van der Waals surface area contributed by atoms with E-state index in [2.05, 4.69) is 0 Å². The van der Waals surface area contributed by atoms with Crippen LogP contribution in [0.1, 0.15) is 10.4 Å². The van der Waals surface area contributed by atoms with E-state index < -0.39 is 5.96 Å². The average Bonchev–Trinajstić information content (AvgIpc) is 2.81. The van der Waals surface area contributed by atoms with Gasteiger partial charge in [0.15, 0.2) is 0 Å². The van der Waals surface area contributed by atoms with Crippen LogP contribution in [0.2, 0.25) is 15.1 Å². The van der Waals surface area contributed by atoms with Crippen LogP contribution in [-0.2, 0) is 0 Å². The van der Waals surface area contributed by atoms with Crippen molar-refractivity contribution in [3.63, 3.8) is 0 Å². The van der Waals surface area contributed by atoms with Gasteiger partial charge in [0.2, 0.25) is 0 Å². The fraction of sp³-hybridized carbons (Fsp3) is 0.0385. The molecule has 4 rings (SSSR count). The molecule has 1 nitrogen and oxygen atoms in total. The molecule has 162 valence electrons. The Labute approximate surface area is 207 Å². The third-order valence-electron chi connectivity index (χ3n) is 5.63. The number of rotatable bonds is 6. The normalized spacial score (nSPS) is 12.7. The van der Waals surface area contributed by atoms with Crippen molar-refractivity contribution in [3.05, 3.63) is 124 Å². The van der Waals surface area contributed by atoms with E-state index in [1.165, 1.54) is 0 Å². The Morgan fingerprint density at radius 2 is 0.906 bits per heavy atom. The van der Waals surface area contributed by atoms with Crippen molar-refractivity contribution in [2.45, 2.75) is 0 Å². The molecule has 0 aliphatic rings. The Morgan fingerprint density at radius 1 is 0.562 bits per heavy atom. The molecular formula is C26H19Cl4OP. The summed E-state index contributed by atoms with van der Waals surface area (Å²) >= 11 is 26.6. The van der Waals surface area contributed by atoms with Gasteiger partial charge in [-0.1, -0.05) is 0 Å². The predicted molar refractivity (Wildman–Crippen MR) is 142 cm³/mol. The zero-order valence-electron chi connectivity index (χ0n) is 16.9. The van der Waals surface area contributed by atoms with Gasteiger partial charge in [-0.2, -0.15) is 0 Å². The Balaban J connectivity index is 2.06. The van der Waals surface area contributed by atoms with E-state index >= 15 is 0 Å². The number of carbonyl (C=O) groups is 1. The van der Waals surface area contributed by atoms with Crippen LogP contribution < -0.4 is 15.9 Å². The second-order valence-corrected chi connectivity index (χ2v) is 15.3. The Bertz CT molecular complexity index is 1120. The van der Waals surface area contributed by atoms with Crippen LogP contribution in [0.5, 0.6) is 0 Å². The van der Waals surface area contributed by atoms with Crippen molar-refractivity contribution in [3.8, 4) is 0 Å². The summed E-state index contributed by atoms with van der Waals surface area (Å²) in [6.07, 6.45) is 0.0993. The van der Waals surface area contributed by atoms with Crippen molar-refractivity contribution in [1.29, 1.82) is 0 Å². The predicted octanol–water partition coefficient (Wildman–Crippen LogP) is 7.51. The number of hydrogen-bond donors (Lipinski definition) is 0. The summed E-state index contributed by atoms with van der Waals surface area (Å²) in [7, 11) is 0. The molecule has 4 aromatic rings. The van der Waals surface area contributed by atoms with Crippen LogP contribution in [0.25, 0.3) is 0 Å². The molecule has 0 fully saturated rings. The van der Waals surface area contributed by atoms with Crippen LogP contribution >= 0.6 is 52.0 Å². The second-order valence-electron chi connectivity index (χ2n) is 7.56. The molecule has 0 atom stereocenters. The first-order valence-corrected chi connectivity index (χ1v) is 14.4. The number of benzene rings is 4. The van der Waals surface area contributed by atoms with Gasteiger partial charge in [-0.25, -0.2) is 0 Å². The van der Waals surface area contributed by atoms with Gasteiger partial charge in [0, 0.05) is 0 Å². The van der Waals surface area contributed by atoms with Crippen molar-refractivity contribution in [2.75, 3.05) is 6.16 Å². The number of ketones is 1. The average molecular weight is 520 g/mol. The molecule has 0 spiro atoms. The monoisotopic (exact) mass is 518 g/mol. The summed E-state index contributed by atoms with van der Waals surface area (Å²) < 4.78 is 0. The quantitative estimate of drug-likeness (QED) is 0.190. The number of Topliss-reactive ketones (excluding diaryl/α,β-unsaturated/α-hetero) is 1. The molecule has 0 N–H and O–H groups in total. The molecule has 0 amide bonds. The summed E-state index contributed by atoms with van der Waals surface area (Å²) in [6, 6.07) is 31.5. The maximum atomic E-state index is 13.7. The second kappa shape index (κ2) is 9.18. The molecule has 4 aromatic carbocycles. The minimum atomic E-state index is -3.81. The van der Waals surface area contributed by atoms with Gasteiger partial charge in [-0.05, 0) is 0 Å². The van der Waals surface area contributed by atoms with Crippen LogP contribution in [0.4, 0.5) is 0 Å². The molecule has 6 heteroatoms. The van der Waals surface area contributed by atoms with E-state index in [1.807, 2.05) is 66.7 Å². The van der Waals surface area contributed by atoms with E-state index in [1.54, 1.807) is 36.4 Å². The van der Waals surface area contributed by atoms with E-state index in [4.69, 9.17) is 46.0 Å². The Morgan fingerprint density at radius 3 is 1.25 bits per heavy atom. The molecule has 0 radical (unpaired) electrons. The van der Waals surface area contributed by atoms with Crippen LogP contribution in [0, 0.1) is 0 Å². The van der Waals surface area contributed by atoms with Gasteiger partial charge < -0.3 is 0 Å². The zero-order chi connectivity index (χ0) is 22.8. The van der Waals surface area contributed by atoms with E-state index in [-0.39, 0.29) is 11.9 Å². The molecular weight excluding hydrogens is 501 g/mol. The number of halogens is 4. The van der Waals surface area contributed by atoms with Crippen molar-refractivity contribution >= 4 is 73.7 Å². The van der Waals surface area contributed by atoms with Gasteiger partial charge in [0.05, 0.1) is 0 Å². The first-order valence-electron chi connectivity index (χ1n) is 9.91. The van der Waals surface area contributed by atoms with E-state index in [0.29, 0.717) is 20.6 Å². The van der Waals surface area contributed by atoms with Gasteiger partial charge in [-0.15, -0.1) is 0 Å². The van der Waals surface area contributed by atoms with Gasteiger partial charge in [-0.3, -0.25) is 0 Å². The summed E-state index contributed by atoms with van der Waals surface area (Å²) in [5.74, 6) is -3.86. The van der Waals surface area contributed by atoms with Crippen LogP contribution in [0.3, 0.4) is 0 Å². The topological polar surface area (TPSA) is 17.1 Å². The van der Waals surface area contributed by atoms with E-state index in [0.717, 1.165) is 15.9 Å². The maximum absolute atomic E-state index is 13.7. The SMILES string of the molecule is O=C(CP(Cl)(c1ccc(Cl)cc1)(c1ccc(Cl)cc1)c1ccc(Cl)cc1)c1ccccc1. The molecule has 32 heavy (non-hydrogen) atoms. The van der Waals surface area contributed by atoms with Gasteiger partial charge >= 0.3 is 208 Å². The molecule has 0 bridgehead atoms. The molecule has 0 aliphatic heterocycles. The minimum absolute atomic E-state index is 0.0434. The Hall–Kier alpha value is -1.86.